The first-order valence-electron chi connectivity index (χ1n) is 16.2. The summed E-state index contributed by atoms with van der Waals surface area (Å²) in [6.45, 7) is 13.9. The number of aliphatic hydroxyl groups is 1. The normalized spacial score (nSPS) is 35.0. The van der Waals surface area contributed by atoms with Crippen LogP contribution in [0, 0.1) is 46.3 Å². The Labute approximate surface area is 260 Å². The summed E-state index contributed by atoms with van der Waals surface area (Å²) in [5.41, 5.74) is -5.36. The third-order valence-electron chi connectivity index (χ3n) is 11.5. The summed E-state index contributed by atoms with van der Waals surface area (Å²) >= 11 is 0. The van der Waals surface area contributed by atoms with Crippen LogP contribution in [0.3, 0.4) is 0 Å². The zero-order valence-corrected chi connectivity index (χ0v) is 27.4. The van der Waals surface area contributed by atoms with E-state index < -0.39 is 80.9 Å². The van der Waals surface area contributed by atoms with Crippen LogP contribution < -0.4 is 0 Å². The Morgan fingerprint density at radius 2 is 1.61 bits per heavy atom. The SMILES string of the molecule is CCC(=O)C[C@@H]1[C@]2(C)C(C(=O)c3c(O)cccc3[C@H]2CCCCC(C)C)C(=O)[C@@]2(O)C(=O)C(C(C)=O)C(=O)C(C(C)C)[C@@]12C. The number of unbranched alkanes of at least 4 members (excludes halogenated alkanes) is 1. The van der Waals surface area contributed by atoms with Crippen LogP contribution in [0.4, 0.5) is 0 Å². The van der Waals surface area contributed by atoms with Crippen molar-refractivity contribution >= 4 is 34.7 Å². The lowest BCUT2D eigenvalue weighted by molar-refractivity contribution is -0.226. The molecule has 0 radical (unpaired) electrons. The molecule has 2 N–H and O–H groups in total. The number of rotatable bonds is 10. The molecule has 8 nitrogen and oxygen atoms in total. The van der Waals surface area contributed by atoms with Gasteiger partial charge in [-0.2, -0.15) is 0 Å². The van der Waals surface area contributed by atoms with Crippen molar-refractivity contribution in [3.8, 4) is 5.75 Å². The molecule has 2 fully saturated rings. The van der Waals surface area contributed by atoms with Crippen molar-refractivity contribution < 1.29 is 39.0 Å². The van der Waals surface area contributed by atoms with Gasteiger partial charge < -0.3 is 10.2 Å². The fourth-order valence-corrected chi connectivity index (χ4v) is 9.52. The van der Waals surface area contributed by atoms with E-state index in [9.17, 15) is 39.0 Å². The Hall–Kier alpha value is -3.00. The van der Waals surface area contributed by atoms with Crippen LogP contribution in [0.15, 0.2) is 18.2 Å². The summed E-state index contributed by atoms with van der Waals surface area (Å²) in [7, 11) is 0. The van der Waals surface area contributed by atoms with E-state index in [0.717, 1.165) is 26.2 Å². The summed E-state index contributed by atoms with van der Waals surface area (Å²) in [5.74, 6) is -10.8. The molecule has 0 heterocycles. The zero-order chi connectivity index (χ0) is 33.1. The van der Waals surface area contributed by atoms with Crippen LogP contribution in [0.25, 0.3) is 0 Å². The number of phenolic OH excluding ortho intramolecular Hbond substituents is 1. The van der Waals surface area contributed by atoms with Gasteiger partial charge in [-0.25, -0.2) is 0 Å². The number of ketones is 6. The number of Topliss-reactive ketones (excluding diaryl/α,β-unsaturated/α-hetero) is 6. The third-order valence-corrected chi connectivity index (χ3v) is 11.5. The van der Waals surface area contributed by atoms with Gasteiger partial charge in [0.25, 0.3) is 0 Å². The number of phenols is 1. The molecule has 3 aliphatic carbocycles. The molecule has 2 saturated carbocycles. The van der Waals surface area contributed by atoms with E-state index in [4.69, 9.17) is 0 Å². The average molecular weight is 609 g/mol. The predicted octanol–water partition coefficient (Wildman–Crippen LogP) is 5.45. The Balaban J connectivity index is 2.10. The highest BCUT2D eigenvalue weighted by Crippen LogP contribution is 2.70. The molecule has 0 saturated heterocycles. The number of benzene rings is 1. The molecule has 240 valence electrons. The van der Waals surface area contributed by atoms with Crippen molar-refractivity contribution in [1.82, 2.24) is 0 Å². The first-order chi connectivity index (χ1) is 20.4. The van der Waals surface area contributed by atoms with Gasteiger partial charge in [0.2, 0.25) is 0 Å². The Bertz CT molecular complexity index is 1410. The summed E-state index contributed by atoms with van der Waals surface area (Å²) in [6.07, 6.45) is 3.12. The Kier molecular flexibility index (Phi) is 9.04. The minimum atomic E-state index is -2.87. The number of fused-ring (bicyclic) bond motifs is 3. The molecule has 8 atom stereocenters. The second-order valence-electron chi connectivity index (χ2n) is 14.7. The van der Waals surface area contributed by atoms with E-state index in [1.54, 1.807) is 46.8 Å². The van der Waals surface area contributed by atoms with Crippen LogP contribution in [0.2, 0.25) is 0 Å². The van der Waals surface area contributed by atoms with Crippen molar-refractivity contribution in [2.45, 2.75) is 105 Å². The maximum absolute atomic E-state index is 14.9. The molecular weight excluding hydrogens is 560 g/mol. The van der Waals surface area contributed by atoms with Gasteiger partial charge in [-0.3, -0.25) is 28.8 Å². The number of aromatic hydroxyl groups is 1. The van der Waals surface area contributed by atoms with E-state index >= 15 is 0 Å². The Morgan fingerprint density at radius 1 is 0.977 bits per heavy atom. The van der Waals surface area contributed by atoms with E-state index in [-0.39, 0.29) is 29.9 Å². The lowest BCUT2D eigenvalue weighted by atomic mass is 9.33. The lowest BCUT2D eigenvalue weighted by Gasteiger charge is -2.67. The largest absolute Gasteiger partial charge is 0.507 e. The molecule has 44 heavy (non-hydrogen) atoms. The van der Waals surface area contributed by atoms with Crippen LogP contribution >= 0.6 is 0 Å². The van der Waals surface area contributed by atoms with Crippen LogP contribution in [-0.2, 0) is 24.0 Å². The number of hydrogen-bond acceptors (Lipinski definition) is 8. The van der Waals surface area contributed by atoms with Crippen molar-refractivity contribution in [2.75, 3.05) is 0 Å². The molecule has 4 rings (SSSR count). The van der Waals surface area contributed by atoms with Gasteiger partial charge in [0.15, 0.2) is 28.7 Å². The monoisotopic (exact) mass is 608 g/mol. The quantitative estimate of drug-likeness (QED) is 0.264. The predicted molar refractivity (Wildman–Crippen MR) is 164 cm³/mol. The molecule has 3 unspecified atom stereocenters. The second-order valence-corrected chi connectivity index (χ2v) is 14.7. The maximum atomic E-state index is 14.9. The highest BCUT2D eigenvalue weighted by Gasteiger charge is 2.80. The molecule has 1 aromatic rings. The van der Waals surface area contributed by atoms with E-state index in [2.05, 4.69) is 13.8 Å². The summed E-state index contributed by atoms with van der Waals surface area (Å²) in [5, 5.41) is 23.6. The van der Waals surface area contributed by atoms with Gasteiger partial charge in [0.1, 0.15) is 23.2 Å². The lowest BCUT2D eigenvalue weighted by Crippen LogP contribution is -2.80. The highest BCUT2D eigenvalue weighted by atomic mass is 16.3. The number of carbonyl (C=O) groups excluding carboxylic acids is 6. The Morgan fingerprint density at radius 3 is 2.16 bits per heavy atom. The third kappa shape index (κ3) is 4.57. The average Bonchev–Trinajstić information content (AvgIpc) is 2.92. The van der Waals surface area contributed by atoms with Crippen molar-refractivity contribution in [3.63, 3.8) is 0 Å². The van der Waals surface area contributed by atoms with Gasteiger partial charge in [-0.05, 0) is 54.1 Å². The van der Waals surface area contributed by atoms with Gasteiger partial charge in [-0.15, -0.1) is 0 Å². The van der Waals surface area contributed by atoms with Crippen LogP contribution in [0.1, 0.15) is 116 Å². The molecule has 1 aromatic carbocycles. The minimum Gasteiger partial charge on any atom is -0.507 e. The van der Waals surface area contributed by atoms with Crippen molar-refractivity contribution in [2.24, 2.45) is 46.3 Å². The molecule has 0 amide bonds. The van der Waals surface area contributed by atoms with Gasteiger partial charge in [0.05, 0.1) is 11.5 Å². The van der Waals surface area contributed by atoms with E-state index in [0.29, 0.717) is 17.9 Å². The molecule has 0 aliphatic heterocycles. The van der Waals surface area contributed by atoms with E-state index in [1.807, 2.05) is 0 Å². The van der Waals surface area contributed by atoms with Crippen LogP contribution in [0.5, 0.6) is 5.75 Å². The summed E-state index contributed by atoms with van der Waals surface area (Å²) in [4.78, 5) is 83.9. The summed E-state index contributed by atoms with van der Waals surface area (Å²) < 4.78 is 0. The zero-order valence-electron chi connectivity index (χ0n) is 27.4. The smallest absolute Gasteiger partial charge is 0.190 e. The summed E-state index contributed by atoms with van der Waals surface area (Å²) in [6, 6.07) is 4.81. The fraction of sp³-hybridized carbons (Fsp3) is 0.667. The number of hydrogen-bond donors (Lipinski definition) is 2. The van der Waals surface area contributed by atoms with Crippen LogP contribution in [-0.4, -0.2) is 50.5 Å². The van der Waals surface area contributed by atoms with Gasteiger partial charge in [0, 0.05) is 24.2 Å². The fourth-order valence-electron chi connectivity index (χ4n) is 9.52. The highest BCUT2D eigenvalue weighted by molar-refractivity contribution is 6.32. The van der Waals surface area contributed by atoms with Gasteiger partial charge in [-0.1, -0.05) is 79.9 Å². The topological polar surface area (TPSA) is 143 Å². The molecule has 0 bridgehead atoms. The first-order valence-corrected chi connectivity index (χ1v) is 16.2. The minimum absolute atomic E-state index is 0.00665. The molecule has 0 spiro atoms. The molecule has 8 heteroatoms. The first kappa shape index (κ1) is 33.9. The standard InChI is InChI=1S/C36H48O8/c1-9-21(38)17-25-34(7)23(15-11-10-13-18(2)3)22-14-12-16-24(39)27(22)31(41)29(34)33(43)36(44)32(42)26(20(6)37)30(40)28(19(4)5)35(25,36)8/h12,14,16,18-19,23,25-26,28-29,39,44H,9-11,13,15,17H2,1-8H3/t23-,25-,26?,28?,29?,34-,35-,36+/m1/s1. The maximum Gasteiger partial charge on any atom is 0.190 e. The molecule has 0 aromatic heterocycles. The molecule has 3 aliphatic rings. The van der Waals surface area contributed by atoms with Gasteiger partial charge >= 0.3 is 0 Å². The number of carbonyl (C=O) groups is 6. The van der Waals surface area contributed by atoms with Crippen molar-refractivity contribution in [3.05, 3.63) is 29.3 Å². The van der Waals surface area contributed by atoms with E-state index in [1.165, 1.54) is 6.07 Å². The van der Waals surface area contributed by atoms with Crippen molar-refractivity contribution in [1.29, 1.82) is 0 Å². The molecular formula is C36H48O8. The second kappa shape index (κ2) is 11.7.